The summed E-state index contributed by atoms with van der Waals surface area (Å²) in [5, 5.41) is 2.92. The molecule has 1 aliphatic heterocycles. The molecule has 7 heteroatoms. The Hall–Kier alpha value is -1.18. The van der Waals surface area contributed by atoms with E-state index in [4.69, 9.17) is 0 Å². The van der Waals surface area contributed by atoms with Crippen molar-refractivity contribution >= 4 is 37.9 Å². The maximum atomic E-state index is 11.9. The number of hydrogen-bond donors (Lipinski definition) is 1. The number of halogens is 1. The molecule has 1 saturated heterocycles. The maximum Gasteiger partial charge on any atom is 0.244 e. The van der Waals surface area contributed by atoms with Gasteiger partial charge in [-0.1, -0.05) is 28.1 Å². The van der Waals surface area contributed by atoms with E-state index >= 15 is 0 Å². The Morgan fingerprint density at radius 3 is 2.41 bits per heavy atom. The van der Waals surface area contributed by atoms with Crippen LogP contribution in [0.5, 0.6) is 0 Å². The Morgan fingerprint density at radius 1 is 1.27 bits per heavy atom. The summed E-state index contributed by atoms with van der Waals surface area (Å²) in [5.74, 6) is -0.152. The molecule has 1 fully saturated rings. The van der Waals surface area contributed by atoms with Gasteiger partial charge >= 0.3 is 0 Å². The molecule has 22 heavy (non-hydrogen) atoms. The van der Waals surface area contributed by atoms with E-state index in [2.05, 4.69) is 21.2 Å². The second-order valence-corrected chi connectivity index (χ2v) is 8.23. The smallest absolute Gasteiger partial charge is 0.244 e. The zero-order chi connectivity index (χ0) is 16.2. The monoisotopic (exact) mass is 386 g/mol. The lowest BCUT2D eigenvalue weighted by molar-refractivity contribution is -0.117. The first-order valence-corrected chi connectivity index (χ1v) is 9.68. The van der Waals surface area contributed by atoms with Crippen LogP contribution in [0.2, 0.25) is 0 Å². The highest BCUT2D eigenvalue weighted by atomic mass is 79.9. The van der Waals surface area contributed by atoms with Crippen LogP contribution in [0.25, 0.3) is 6.08 Å². The minimum absolute atomic E-state index is 0.0278. The van der Waals surface area contributed by atoms with E-state index in [0.717, 1.165) is 10.0 Å². The number of rotatable bonds is 4. The molecule has 0 aromatic heterocycles. The van der Waals surface area contributed by atoms with Gasteiger partial charge in [-0.2, -0.15) is 0 Å². The molecule has 0 saturated carbocycles. The minimum Gasteiger partial charge on any atom is -0.350 e. The lowest BCUT2D eigenvalue weighted by Gasteiger charge is -2.30. The summed E-state index contributed by atoms with van der Waals surface area (Å²) < 4.78 is 25.3. The SMILES string of the molecule is CS(=O)(=O)N1CCC(NC(=O)/C=C/c2ccc(Br)cc2)CC1. The van der Waals surface area contributed by atoms with E-state index in [1.165, 1.54) is 16.6 Å². The van der Waals surface area contributed by atoms with Crippen LogP contribution >= 0.6 is 15.9 Å². The first-order chi connectivity index (χ1) is 10.3. The quantitative estimate of drug-likeness (QED) is 0.804. The van der Waals surface area contributed by atoms with Crippen molar-refractivity contribution in [1.29, 1.82) is 0 Å². The number of benzene rings is 1. The van der Waals surface area contributed by atoms with Crippen LogP contribution in [0.15, 0.2) is 34.8 Å². The van der Waals surface area contributed by atoms with Crippen LogP contribution in [0, 0.1) is 0 Å². The Bertz CT molecular complexity index is 648. The molecule has 5 nitrogen and oxygen atoms in total. The molecule has 0 spiro atoms. The van der Waals surface area contributed by atoms with Gasteiger partial charge < -0.3 is 5.32 Å². The van der Waals surface area contributed by atoms with E-state index < -0.39 is 10.0 Å². The molecule has 0 unspecified atom stereocenters. The molecule has 1 amide bonds. The molecule has 0 bridgehead atoms. The van der Waals surface area contributed by atoms with Crippen molar-refractivity contribution in [2.75, 3.05) is 19.3 Å². The van der Waals surface area contributed by atoms with Crippen molar-refractivity contribution in [3.63, 3.8) is 0 Å². The van der Waals surface area contributed by atoms with E-state index in [0.29, 0.717) is 25.9 Å². The van der Waals surface area contributed by atoms with E-state index in [9.17, 15) is 13.2 Å². The van der Waals surface area contributed by atoms with Gasteiger partial charge in [0.2, 0.25) is 15.9 Å². The van der Waals surface area contributed by atoms with Crippen molar-refractivity contribution in [3.05, 3.63) is 40.4 Å². The normalized spacial score (nSPS) is 17.7. The van der Waals surface area contributed by atoms with Crippen LogP contribution in [-0.2, 0) is 14.8 Å². The van der Waals surface area contributed by atoms with Crippen LogP contribution in [0.4, 0.5) is 0 Å². The standard InChI is InChI=1S/C15H19BrN2O3S/c1-22(20,21)18-10-8-14(9-11-18)17-15(19)7-4-12-2-5-13(16)6-3-12/h2-7,14H,8-11H2,1H3,(H,17,19)/b7-4+. The fourth-order valence-corrected chi connectivity index (χ4v) is 3.47. The fourth-order valence-electron chi connectivity index (χ4n) is 2.33. The van der Waals surface area contributed by atoms with E-state index in [-0.39, 0.29) is 11.9 Å². The largest absolute Gasteiger partial charge is 0.350 e. The average Bonchev–Trinajstić information content (AvgIpc) is 2.46. The molecule has 1 aliphatic rings. The third-order valence-corrected chi connectivity index (χ3v) is 5.40. The van der Waals surface area contributed by atoms with Gasteiger partial charge in [0.05, 0.1) is 6.26 Å². The van der Waals surface area contributed by atoms with Gasteiger partial charge in [-0.15, -0.1) is 0 Å². The first-order valence-electron chi connectivity index (χ1n) is 7.04. The van der Waals surface area contributed by atoms with E-state index in [1.54, 1.807) is 6.08 Å². The topological polar surface area (TPSA) is 66.5 Å². The Balaban J connectivity index is 1.82. The highest BCUT2D eigenvalue weighted by molar-refractivity contribution is 9.10. The van der Waals surface area contributed by atoms with Gasteiger partial charge in [0, 0.05) is 29.7 Å². The number of piperidine rings is 1. The fraction of sp³-hybridized carbons (Fsp3) is 0.400. The molecule has 1 N–H and O–H groups in total. The third kappa shape index (κ3) is 5.23. The third-order valence-electron chi connectivity index (χ3n) is 3.57. The second kappa shape index (κ2) is 7.39. The Morgan fingerprint density at radius 2 is 1.86 bits per heavy atom. The number of carbonyl (C=O) groups excluding carboxylic acids is 1. The summed E-state index contributed by atoms with van der Waals surface area (Å²) in [5.41, 5.74) is 0.949. The summed E-state index contributed by atoms with van der Waals surface area (Å²) >= 11 is 3.36. The lowest BCUT2D eigenvalue weighted by atomic mass is 10.1. The molecule has 0 aliphatic carbocycles. The van der Waals surface area contributed by atoms with Crippen molar-refractivity contribution in [3.8, 4) is 0 Å². The number of carbonyl (C=O) groups is 1. The van der Waals surface area contributed by atoms with E-state index in [1.807, 2.05) is 24.3 Å². The van der Waals surface area contributed by atoms with Crippen LogP contribution < -0.4 is 5.32 Å². The van der Waals surface area contributed by atoms with Gasteiger partial charge in [-0.3, -0.25) is 4.79 Å². The number of amides is 1. The van der Waals surface area contributed by atoms with Crippen molar-refractivity contribution in [1.82, 2.24) is 9.62 Å². The summed E-state index contributed by atoms with van der Waals surface area (Å²) in [6, 6.07) is 7.69. The molecule has 1 aromatic carbocycles. The van der Waals surface area contributed by atoms with Gasteiger partial charge in [-0.05, 0) is 36.6 Å². The Labute approximate surface area is 139 Å². The molecule has 2 rings (SSSR count). The first kappa shape index (κ1) is 17.2. The Kier molecular flexibility index (Phi) is 5.77. The lowest BCUT2D eigenvalue weighted by Crippen LogP contribution is -2.45. The maximum absolute atomic E-state index is 11.9. The number of sulfonamides is 1. The predicted molar refractivity (Wildman–Crippen MR) is 90.8 cm³/mol. The van der Waals surface area contributed by atoms with Gasteiger partial charge in [0.1, 0.15) is 0 Å². The molecule has 1 aromatic rings. The van der Waals surface area contributed by atoms with Crippen molar-refractivity contribution in [2.45, 2.75) is 18.9 Å². The van der Waals surface area contributed by atoms with Gasteiger partial charge in [0.15, 0.2) is 0 Å². The van der Waals surface area contributed by atoms with Crippen molar-refractivity contribution < 1.29 is 13.2 Å². The minimum atomic E-state index is -3.12. The number of hydrogen-bond acceptors (Lipinski definition) is 3. The molecular weight excluding hydrogens is 368 g/mol. The number of nitrogens with one attached hydrogen (secondary N) is 1. The summed E-state index contributed by atoms with van der Waals surface area (Å²) in [4.78, 5) is 11.9. The molecule has 120 valence electrons. The second-order valence-electron chi connectivity index (χ2n) is 5.33. The molecule has 0 radical (unpaired) electrons. The molecule has 1 heterocycles. The molecular formula is C15H19BrN2O3S. The predicted octanol–water partition coefficient (Wildman–Crippen LogP) is 2.00. The zero-order valence-electron chi connectivity index (χ0n) is 12.3. The average molecular weight is 387 g/mol. The highest BCUT2D eigenvalue weighted by Gasteiger charge is 2.25. The number of nitrogens with zero attached hydrogens (tertiary/aromatic N) is 1. The van der Waals surface area contributed by atoms with Crippen molar-refractivity contribution in [2.24, 2.45) is 0 Å². The summed E-state index contributed by atoms with van der Waals surface area (Å²) in [7, 11) is -3.12. The van der Waals surface area contributed by atoms with Gasteiger partial charge in [-0.25, -0.2) is 12.7 Å². The van der Waals surface area contributed by atoms with Crippen LogP contribution in [-0.4, -0.2) is 44.0 Å². The highest BCUT2D eigenvalue weighted by Crippen LogP contribution is 2.14. The summed E-state index contributed by atoms with van der Waals surface area (Å²) in [6.07, 6.45) is 5.77. The van der Waals surface area contributed by atoms with Crippen LogP contribution in [0.1, 0.15) is 18.4 Å². The molecule has 0 atom stereocenters. The summed E-state index contributed by atoms with van der Waals surface area (Å²) in [6.45, 7) is 0.917. The van der Waals surface area contributed by atoms with Gasteiger partial charge in [0.25, 0.3) is 0 Å². The van der Waals surface area contributed by atoms with Crippen LogP contribution in [0.3, 0.4) is 0 Å². The zero-order valence-corrected chi connectivity index (χ0v) is 14.7.